The maximum Gasteiger partial charge on any atom is 0.0916 e. The van der Waals surface area contributed by atoms with Crippen molar-refractivity contribution in [2.75, 3.05) is 26.4 Å². The largest absolute Gasteiger partial charge is 0.380 e. The van der Waals surface area contributed by atoms with E-state index in [1.807, 2.05) is 0 Å². The lowest BCUT2D eigenvalue weighted by Gasteiger charge is -2.09. The highest BCUT2D eigenvalue weighted by molar-refractivity contribution is 4.73. The van der Waals surface area contributed by atoms with Crippen molar-refractivity contribution < 1.29 is 9.13 Å². The lowest BCUT2D eigenvalue weighted by Crippen LogP contribution is -2.26. The zero-order valence-electron chi connectivity index (χ0n) is 6.81. The van der Waals surface area contributed by atoms with E-state index >= 15 is 0 Å². The van der Waals surface area contributed by atoms with Crippen molar-refractivity contribution in [2.45, 2.75) is 25.3 Å². The quantitative estimate of drug-likeness (QED) is 0.610. The summed E-state index contributed by atoms with van der Waals surface area (Å²) in [6.07, 6.45) is 2.99. The number of halogens is 1. The van der Waals surface area contributed by atoms with Gasteiger partial charge in [0.1, 0.15) is 0 Å². The molecule has 1 aliphatic rings. The third-order valence-electron chi connectivity index (χ3n) is 1.90. The van der Waals surface area contributed by atoms with Crippen molar-refractivity contribution in [2.24, 2.45) is 0 Å². The van der Waals surface area contributed by atoms with Gasteiger partial charge in [-0.15, -0.1) is 0 Å². The summed E-state index contributed by atoms with van der Waals surface area (Å²) in [6.45, 7) is 2.16. The van der Waals surface area contributed by atoms with E-state index in [9.17, 15) is 4.39 Å². The van der Waals surface area contributed by atoms with Gasteiger partial charge in [0.05, 0.1) is 13.3 Å². The maximum atomic E-state index is 11.6. The van der Waals surface area contributed by atoms with E-state index in [1.54, 1.807) is 0 Å². The molecule has 1 fully saturated rings. The van der Waals surface area contributed by atoms with E-state index in [2.05, 4.69) is 5.32 Å². The predicted octanol–water partition coefficient (Wildman–Crippen LogP) is 1.11. The van der Waals surface area contributed by atoms with Gasteiger partial charge in [-0.2, -0.15) is 0 Å². The van der Waals surface area contributed by atoms with Crippen LogP contribution in [0.3, 0.4) is 0 Å². The molecule has 1 saturated heterocycles. The molecule has 3 heteroatoms. The van der Waals surface area contributed by atoms with Crippen LogP contribution in [0.2, 0.25) is 0 Å². The summed E-state index contributed by atoms with van der Waals surface area (Å²) in [6, 6.07) is 0.523. The molecule has 0 aromatic rings. The van der Waals surface area contributed by atoms with Crippen LogP contribution >= 0.6 is 0 Å². The van der Waals surface area contributed by atoms with E-state index in [1.165, 1.54) is 12.8 Å². The molecule has 0 amide bonds. The lowest BCUT2D eigenvalue weighted by molar-refractivity contribution is 0.109. The molecule has 2 nitrogen and oxygen atoms in total. The normalized spacial score (nSPS) is 24.3. The van der Waals surface area contributed by atoms with Crippen molar-refractivity contribution in [1.82, 2.24) is 5.32 Å². The summed E-state index contributed by atoms with van der Waals surface area (Å²) >= 11 is 0. The van der Waals surface area contributed by atoms with Crippen LogP contribution < -0.4 is 5.32 Å². The number of hydrogen-bond donors (Lipinski definition) is 1. The average Bonchev–Trinajstić information content (AvgIpc) is 2.50. The van der Waals surface area contributed by atoms with Crippen LogP contribution in [0.4, 0.5) is 4.39 Å². The maximum absolute atomic E-state index is 11.6. The van der Waals surface area contributed by atoms with Gasteiger partial charge in [0.2, 0.25) is 0 Å². The Morgan fingerprint density at radius 3 is 3.09 bits per heavy atom. The topological polar surface area (TPSA) is 21.3 Å². The first-order valence-corrected chi connectivity index (χ1v) is 4.30. The van der Waals surface area contributed by atoms with Gasteiger partial charge in [-0.1, -0.05) is 0 Å². The van der Waals surface area contributed by atoms with Gasteiger partial charge in [0.15, 0.2) is 0 Å². The van der Waals surface area contributed by atoms with E-state index < -0.39 is 0 Å². The molecule has 1 N–H and O–H groups in total. The highest BCUT2D eigenvalue weighted by Crippen LogP contribution is 2.04. The highest BCUT2D eigenvalue weighted by Gasteiger charge is 2.12. The number of ether oxygens (including phenoxy) is 1. The van der Waals surface area contributed by atoms with Crippen LogP contribution in [0.1, 0.15) is 19.3 Å². The van der Waals surface area contributed by atoms with Gasteiger partial charge in [0, 0.05) is 12.6 Å². The molecule has 1 aliphatic heterocycles. The molecule has 11 heavy (non-hydrogen) atoms. The van der Waals surface area contributed by atoms with Crippen molar-refractivity contribution in [3.8, 4) is 0 Å². The molecule has 0 radical (unpaired) electrons. The molecule has 1 heterocycles. The second-order valence-electron chi connectivity index (χ2n) is 2.91. The summed E-state index contributed by atoms with van der Waals surface area (Å²) < 4.78 is 16.9. The molecule has 1 unspecified atom stereocenters. The zero-order valence-corrected chi connectivity index (χ0v) is 6.81. The smallest absolute Gasteiger partial charge is 0.0916 e. The third kappa shape index (κ3) is 3.68. The number of nitrogens with one attached hydrogen (secondary N) is 1. The first kappa shape index (κ1) is 8.94. The lowest BCUT2D eigenvalue weighted by atomic mass is 10.2. The van der Waals surface area contributed by atoms with E-state index in [0.717, 1.165) is 13.2 Å². The third-order valence-corrected chi connectivity index (χ3v) is 1.90. The molecule has 0 saturated carbocycles. The van der Waals surface area contributed by atoms with Gasteiger partial charge >= 0.3 is 0 Å². The fourth-order valence-corrected chi connectivity index (χ4v) is 1.28. The van der Waals surface area contributed by atoms with Crippen molar-refractivity contribution in [3.05, 3.63) is 0 Å². The Labute approximate surface area is 67.1 Å². The Morgan fingerprint density at radius 1 is 1.55 bits per heavy atom. The summed E-state index contributed by atoms with van der Waals surface area (Å²) in [5.41, 5.74) is 0. The van der Waals surface area contributed by atoms with Crippen molar-refractivity contribution in [3.63, 3.8) is 0 Å². The molecule has 0 aliphatic carbocycles. The van der Waals surface area contributed by atoms with E-state index in [4.69, 9.17) is 4.74 Å². The van der Waals surface area contributed by atoms with Gasteiger partial charge in [-0.25, -0.2) is 0 Å². The molecule has 0 aromatic heterocycles. The second kappa shape index (κ2) is 5.49. The molecule has 0 spiro atoms. The minimum atomic E-state index is -0.266. The first-order valence-electron chi connectivity index (χ1n) is 4.30. The Hall–Kier alpha value is -0.150. The number of hydrogen-bond acceptors (Lipinski definition) is 2. The van der Waals surface area contributed by atoms with E-state index in [0.29, 0.717) is 19.1 Å². The molecular weight excluding hydrogens is 145 g/mol. The SMILES string of the molecule is FCCCOCC1CCCN1. The molecular formula is C8H16FNO. The van der Waals surface area contributed by atoms with E-state index in [-0.39, 0.29) is 6.67 Å². The van der Waals surface area contributed by atoms with Crippen LogP contribution in [0.5, 0.6) is 0 Å². The summed E-state index contributed by atoms with van der Waals surface area (Å²) in [5, 5.41) is 3.31. The fraction of sp³-hybridized carbons (Fsp3) is 1.00. The van der Waals surface area contributed by atoms with Crippen LogP contribution in [0, 0.1) is 0 Å². The van der Waals surface area contributed by atoms with Crippen molar-refractivity contribution >= 4 is 0 Å². The molecule has 0 aromatic carbocycles. The van der Waals surface area contributed by atoms with Crippen LogP contribution in [-0.4, -0.2) is 32.5 Å². The van der Waals surface area contributed by atoms with Crippen molar-refractivity contribution in [1.29, 1.82) is 0 Å². The minimum absolute atomic E-state index is 0.266. The summed E-state index contributed by atoms with van der Waals surface area (Å²) in [7, 11) is 0. The van der Waals surface area contributed by atoms with Gasteiger partial charge in [-0.3, -0.25) is 4.39 Å². The minimum Gasteiger partial charge on any atom is -0.380 e. The molecule has 1 rings (SSSR count). The molecule has 0 bridgehead atoms. The number of rotatable bonds is 5. The standard InChI is InChI=1S/C8H16FNO/c9-4-2-6-11-7-8-3-1-5-10-8/h8,10H,1-7H2. The Bertz CT molecular complexity index is 94.1. The summed E-state index contributed by atoms with van der Waals surface area (Å²) in [5.74, 6) is 0. The highest BCUT2D eigenvalue weighted by atomic mass is 19.1. The van der Waals surface area contributed by atoms with Crippen LogP contribution in [-0.2, 0) is 4.74 Å². The fourth-order valence-electron chi connectivity index (χ4n) is 1.28. The first-order chi connectivity index (χ1) is 5.43. The second-order valence-corrected chi connectivity index (χ2v) is 2.91. The van der Waals surface area contributed by atoms with Gasteiger partial charge in [-0.05, 0) is 25.8 Å². The van der Waals surface area contributed by atoms with Gasteiger partial charge in [0.25, 0.3) is 0 Å². The van der Waals surface area contributed by atoms with Crippen LogP contribution in [0.15, 0.2) is 0 Å². The number of alkyl halides is 1. The Balaban J connectivity index is 1.86. The molecule has 66 valence electrons. The van der Waals surface area contributed by atoms with Gasteiger partial charge < -0.3 is 10.1 Å². The zero-order chi connectivity index (χ0) is 7.94. The molecule has 1 atom stereocenters. The Morgan fingerprint density at radius 2 is 2.45 bits per heavy atom. The Kier molecular flexibility index (Phi) is 4.47. The van der Waals surface area contributed by atoms with Crippen LogP contribution in [0.25, 0.3) is 0 Å². The monoisotopic (exact) mass is 161 g/mol. The predicted molar refractivity (Wildman–Crippen MR) is 42.4 cm³/mol. The average molecular weight is 161 g/mol. The summed E-state index contributed by atoms with van der Waals surface area (Å²) in [4.78, 5) is 0.